The lowest BCUT2D eigenvalue weighted by Crippen LogP contribution is -2.32. The van der Waals surface area contributed by atoms with Gasteiger partial charge < -0.3 is 4.90 Å². The van der Waals surface area contributed by atoms with Gasteiger partial charge in [0.15, 0.2) is 0 Å². The van der Waals surface area contributed by atoms with Crippen molar-refractivity contribution < 1.29 is 0 Å². The minimum Gasteiger partial charge on any atom is -0.368 e. The van der Waals surface area contributed by atoms with Crippen LogP contribution < -0.4 is 10.5 Å². The maximum Gasteiger partial charge on any atom is 0.292 e. The Hall–Kier alpha value is -2.22. The molecule has 1 aliphatic heterocycles. The molecule has 3 aromatic rings. The van der Waals surface area contributed by atoms with Crippen LogP contribution in [0.1, 0.15) is 12.1 Å². The van der Waals surface area contributed by atoms with E-state index in [1.165, 1.54) is 4.68 Å². The number of anilines is 1. The van der Waals surface area contributed by atoms with Crippen LogP contribution in [-0.4, -0.2) is 45.8 Å². The molecule has 6 nitrogen and oxygen atoms in total. The van der Waals surface area contributed by atoms with E-state index in [9.17, 15) is 4.79 Å². The number of benzene rings is 1. The summed E-state index contributed by atoms with van der Waals surface area (Å²) >= 11 is 8.07. The van der Waals surface area contributed by atoms with E-state index in [4.69, 9.17) is 11.6 Å². The molecule has 4 rings (SSSR count). The van der Waals surface area contributed by atoms with Crippen molar-refractivity contribution in [2.75, 3.05) is 31.1 Å². The van der Waals surface area contributed by atoms with Crippen LogP contribution in [0.5, 0.6) is 0 Å². The first kappa shape index (κ1) is 18.2. The molecule has 27 heavy (non-hydrogen) atoms. The molecule has 1 aromatic carbocycles. The van der Waals surface area contributed by atoms with Crippen molar-refractivity contribution in [1.29, 1.82) is 0 Å². The Balaban J connectivity index is 1.52. The number of thiazole rings is 1. The Morgan fingerprint density at radius 3 is 2.74 bits per heavy atom. The van der Waals surface area contributed by atoms with E-state index in [1.807, 2.05) is 35.8 Å². The van der Waals surface area contributed by atoms with Crippen LogP contribution in [0.2, 0.25) is 5.02 Å². The van der Waals surface area contributed by atoms with Gasteiger partial charge in [0.1, 0.15) is 5.02 Å². The molecule has 1 saturated heterocycles. The average Bonchev–Trinajstić information content (AvgIpc) is 3.09. The Labute approximate surface area is 166 Å². The van der Waals surface area contributed by atoms with Gasteiger partial charge in [-0.05, 0) is 18.6 Å². The third kappa shape index (κ3) is 4.05. The Morgan fingerprint density at radius 1 is 1.11 bits per heavy atom. The minimum absolute atomic E-state index is 0.224. The summed E-state index contributed by atoms with van der Waals surface area (Å²) < 4.78 is 1.35. The van der Waals surface area contributed by atoms with Gasteiger partial charge in [0, 0.05) is 38.1 Å². The fourth-order valence-corrected chi connectivity index (χ4v) is 4.11. The number of hydrogen-bond acceptors (Lipinski definition) is 6. The molecule has 0 atom stereocenters. The quantitative estimate of drug-likeness (QED) is 0.672. The highest BCUT2D eigenvalue weighted by Crippen LogP contribution is 2.23. The van der Waals surface area contributed by atoms with Crippen LogP contribution in [0.4, 0.5) is 5.69 Å². The lowest BCUT2D eigenvalue weighted by atomic mass is 10.3. The number of halogens is 1. The maximum atomic E-state index is 12.7. The van der Waals surface area contributed by atoms with Gasteiger partial charge in [0.05, 0.1) is 28.8 Å². The third-order valence-electron chi connectivity index (χ3n) is 4.70. The van der Waals surface area contributed by atoms with Crippen molar-refractivity contribution in [3.63, 3.8) is 0 Å². The van der Waals surface area contributed by atoms with E-state index < -0.39 is 0 Å². The van der Waals surface area contributed by atoms with Gasteiger partial charge in [0.2, 0.25) is 0 Å². The van der Waals surface area contributed by atoms with Gasteiger partial charge in [-0.3, -0.25) is 9.69 Å². The van der Waals surface area contributed by atoms with Gasteiger partial charge >= 0.3 is 0 Å². The lowest BCUT2D eigenvalue weighted by Gasteiger charge is -2.24. The smallest absolute Gasteiger partial charge is 0.292 e. The van der Waals surface area contributed by atoms with Crippen molar-refractivity contribution in [3.8, 4) is 5.69 Å². The van der Waals surface area contributed by atoms with Crippen LogP contribution in [-0.2, 0) is 6.54 Å². The molecule has 0 N–H and O–H groups in total. The van der Waals surface area contributed by atoms with E-state index in [0.717, 1.165) is 44.8 Å². The monoisotopic (exact) mass is 401 g/mol. The van der Waals surface area contributed by atoms with Gasteiger partial charge in [-0.1, -0.05) is 29.8 Å². The van der Waals surface area contributed by atoms with Crippen molar-refractivity contribution in [2.24, 2.45) is 0 Å². The zero-order valence-electron chi connectivity index (χ0n) is 14.8. The first-order valence-corrected chi connectivity index (χ1v) is 10.2. The summed E-state index contributed by atoms with van der Waals surface area (Å²) in [6, 6.07) is 9.33. The van der Waals surface area contributed by atoms with Crippen molar-refractivity contribution in [1.82, 2.24) is 19.7 Å². The zero-order chi connectivity index (χ0) is 18.6. The van der Waals surface area contributed by atoms with Crippen LogP contribution in [0.25, 0.3) is 5.69 Å². The summed E-state index contributed by atoms with van der Waals surface area (Å²) in [6.45, 7) is 4.42. The standard InChI is InChI=1S/C19H20ClN5OS/c20-18-17(11-22-25(19(18)26)16-5-2-1-3-6-16)24-8-4-7-23(9-10-24)12-15-13-27-14-21-15/h1-3,5-6,11,13-14H,4,7-10,12H2. The van der Waals surface area contributed by atoms with E-state index in [2.05, 4.69) is 25.3 Å². The maximum absolute atomic E-state index is 12.7. The van der Waals surface area contributed by atoms with Crippen molar-refractivity contribution >= 4 is 28.6 Å². The average molecular weight is 402 g/mol. The molecule has 0 amide bonds. The molecule has 140 valence electrons. The molecule has 0 spiro atoms. The summed E-state index contributed by atoms with van der Waals surface area (Å²) in [5, 5.41) is 6.66. The van der Waals surface area contributed by atoms with Crippen LogP contribution in [0, 0.1) is 0 Å². The van der Waals surface area contributed by atoms with Crippen LogP contribution >= 0.6 is 22.9 Å². The van der Waals surface area contributed by atoms with Crippen LogP contribution in [0.15, 0.2) is 52.2 Å². The molecule has 2 aromatic heterocycles. The predicted molar refractivity (Wildman–Crippen MR) is 109 cm³/mol. The Morgan fingerprint density at radius 2 is 1.96 bits per heavy atom. The van der Waals surface area contributed by atoms with Crippen molar-refractivity contribution in [2.45, 2.75) is 13.0 Å². The van der Waals surface area contributed by atoms with E-state index in [-0.39, 0.29) is 10.6 Å². The Bertz CT molecular complexity index is 944. The normalized spacial score (nSPS) is 15.7. The molecule has 0 aliphatic carbocycles. The number of para-hydroxylation sites is 1. The first-order valence-electron chi connectivity index (χ1n) is 8.90. The highest BCUT2D eigenvalue weighted by atomic mass is 35.5. The molecular formula is C19H20ClN5OS. The number of nitrogens with zero attached hydrogens (tertiary/aromatic N) is 5. The summed E-state index contributed by atoms with van der Waals surface area (Å²) in [7, 11) is 0. The third-order valence-corrected chi connectivity index (χ3v) is 5.69. The second-order valence-electron chi connectivity index (χ2n) is 6.49. The van der Waals surface area contributed by atoms with Crippen LogP contribution in [0.3, 0.4) is 0 Å². The summed E-state index contributed by atoms with van der Waals surface area (Å²) in [5.41, 5.74) is 4.11. The topological polar surface area (TPSA) is 54.3 Å². The number of aromatic nitrogens is 3. The van der Waals surface area contributed by atoms with Gasteiger partial charge in [-0.25, -0.2) is 4.98 Å². The summed E-state index contributed by atoms with van der Waals surface area (Å²) in [4.78, 5) is 21.6. The molecule has 8 heteroatoms. The molecule has 3 heterocycles. The summed E-state index contributed by atoms with van der Waals surface area (Å²) in [6.07, 6.45) is 2.70. The molecular weight excluding hydrogens is 382 g/mol. The molecule has 0 radical (unpaired) electrons. The zero-order valence-corrected chi connectivity index (χ0v) is 16.4. The summed E-state index contributed by atoms with van der Waals surface area (Å²) in [5.74, 6) is 0. The second-order valence-corrected chi connectivity index (χ2v) is 7.59. The number of rotatable bonds is 4. The molecule has 0 bridgehead atoms. The van der Waals surface area contributed by atoms with Crippen molar-refractivity contribution in [3.05, 3.63) is 68.5 Å². The SMILES string of the molecule is O=c1c(Cl)c(N2CCCN(Cc3cscn3)CC2)cnn1-c1ccccc1. The predicted octanol–water partition coefficient (Wildman–Crippen LogP) is 3.05. The largest absolute Gasteiger partial charge is 0.368 e. The lowest BCUT2D eigenvalue weighted by molar-refractivity contribution is 0.282. The fraction of sp³-hybridized carbons (Fsp3) is 0.316. The van der Waals surface area contributed by atoms with E-state index in [0.29, 0.717) is 11.4 Å². The van der Waals surface area contributed by atoms with E-state index >= 15 is 0 Å². The fourth-order valence-electron chi connectivity index (χ4n) is 3.31. The highest BCUT2D eigenvalue weighted by Gasteiger charge is 2.20. The first-order chi connectivity index (χ1) is 13.2. The van der Waals surface area contributed by atoms with Gasteiger partial charge in [-0.15, -0.1) is 11.3 Å². The Kier molecular flexibility index (Phi) is 5.52. The van der Waals surface area contributed by atoms with E-state index in [1.54, 1.807) is 17.5 Å². The second kappa shape index (κ2) is 8.21. The molecule has 1 aliphatic rings. The minimum atomic E-state index is -0.288. The molecule has 0 unspecified atom stereocenters. The van der Waals surface area contributed by atoms with Gasteiger partial charge in [0.25, 0.3) is 5.56 Å². The molecule has 1 fully saturated rings. The number of hydrogen-bond donors (Lipinski definition) is 0. The van der Waals surface area contributed by atoms with Gasteiger partial charge in [-0.2, -0.15) is 9.78 Å². The highest BCUT2D eigenvalue weighted by molar-refractivity contribution is 7.07. The molecule has 0 saturated carbocycles.